The highest BCUT2D eigenvalue weighted by molar-refractivity contribution is 5.99. The number of carbonyl (C=O) groups is 2. The Morgan fingerprint density at radius 3 is 2.58 bits per heavy atom. The Balaban J connectivity index is 2.21. The number of carboxylic acid groups (broad SMARTS) is 1. The Hall–Kier alpha value is -2.36. The lowest BCUT2D eigenvalue weighted by Crippen LogP contribution is -2.02. The summed E-state index contributed by atoms with van der Waals surface area (Å²) < 4.78 is 1.45. The first-order valence-corrected chi connectivity index (χ1v) is 5.96. The van der Waals surface area contributed by atoms with Gasteiger partial charge in [-0.05, 0) is 18.6 Å². The highest BCUT2D eigenvalue weighted by Gasteiger charge is 2.15. The number of ketones is 1. The van der Waals surface area contributed by atoms with Gasteiger partial charge in [-0.15, -0.1) is 0 Å². The third kappa shape index (κ3) is 2.91. The fourth-order valence-corrected chi connectivity index (χ4v) is 2.04. The number of hydrogen-bond acceptors (Lipinski definition) is 2. The molecule has 0 atom stereocenters. The molecule has 0 unspecified atom stereocenters. The molecule has 19 heavy (non-hydrogen) atoms. The molecular formula is C15H15NO3. The van der Waals surface area contributed by atoms with Gasteiger partial charge in [0, 0.05) is 25.2 Å². The van der Waals surface area contributed by atoms with Crippen LogP contribution in [0, 0.1) is 6.92 Å². The van der Waals surface area contributed by atoms with Crippen molar-refractivity contribution in [3.8, 4) is 0 Å². The summed E-state index contributed by atoms with van der Waals surface area (Å²) in [6.07, 6.45) is 1.84. The minimum Gasteiger partial charge on any atom is -0.477 e. The van der Waals surface area contributed by atoms with Crippen molar-refractivity contribution in [2.24, 2.45) is 7.05 Å². The third-order valence-electron chi connectivity index (χ3n) is 2.99. The average Bonchev–Trinajstić information content (AvgIpc) is 2.71. The molecule has 4 nitrogen and oxygen atoms in total. The maximum Gasteiger partial charge on any atom is 0.352 e. The molecule has 98 valence electrons. The lowest BCUT2D eigenvalue weighted by Gasteiger charge is -2.00. The van der Waals surface area contributed by atoms with E-state index in [0.29, 0.717) is 5.56 Å². The lowest BCUT2D eigenvalue weighted by atomic mass is 10.0. The first kappa shape index (κ1) is 13.1. The largest absolute Gasteiger partial charge is 0.477 e. The second-order valence-corrected chi connectivity index (χ2v) is 4.62. The van der Waals surface area contributed by atoms with Gasteiger partial charge in [-0.3, -0.25) is 4.79 Å². The molecule has 1 heterocycles. The molecule has 0 radical (unpaired) electrons. The Bertz CT molecular complexity index is 641. The summed E-state index contributed by atoms with van der Waals surface area (Å²) in [4.78, 5) is 23.0. The standard InChI is InChI=1S/C15H15NO3/c1-10-4-3-5-11(6-10)7-14(17)12-8-13(15(18)19)16(2)9-12/h3-6,8-9H,7H2,1-2H3,(H,18,19). The predicted molar refractivity (Wildman–Crippen MR) is 71.6 cm³/mol. The first-order chi connectivity index (χ1) is 8.97. The van der Waals surface area contributed by atoms with Crippen LogP contribution in [0.1, 0.15) is 32.0 Å². The fraction of sp³-hybridized carbons (Fsp3) is 0.200. The molecule has 0 bridgehead atoms. The van der Waals surface area contributed by atoms with E-state index in [1.807, 2.05) is 31.2 Å². The van der Waals surface area contributed by atoms with Crippen molar-refractivity contribution in [1.29, 1.82) is 0 Å². The lowest BCUT2D eigenvalue weighted by molar-refractivity contribution is 0.0686. The van der Waals surface area contributed by atoms with Crippen LogP contribution in [0.15, 0.2) is 36.5 Å². The Morgan fingerprint density at radius 2 is 2.00 bits per heavy atom. The van der Waals surface area contributed by atoms with Crippen molar-refractivity contribution in [1.82, 2.24) is 4.57 Å². The van der Waals surface area contributed by atoms with Gasteiger partial charge in [0.2, 0.25) is 0 Å². The summed E-state index contributed by atoms with van der Waals surface area (Å²) in [5.74, 6) is -1.11. The zero-order valence-corrected chi connectivity index (χ0v) is 10.9. The fourth-order valence-electron chi connectivity index (χ4n) is 2.04. The minimum absolute atomic E-state index is 0.0753. The van der Waals surface area contributed by atoms with Gasteiger partial charge in [0.25, 0.3) is 0 Å². The molecule has 0 saturated carbocycles. The van der Waals surface area contributed by atoms with Gasteiger partial charge in [0.05, 0.1) is 0 Å². The Morgan fingerprint density at radius 1 is 1.26 bits per heavy atom. The van der Waals surface area contributed by atoms with Crippen molar-refractivity contribution >= 4 is 11.8 Å². The number of aromatic carboxylic acids is 1. The van der Waals surface area contributed by atoms with Crippen LogP contribution in [-0.2, 0) is 13.5 Å². The second kappa shape index (κ2) is 5.10. The molecule has 4 heteroatoms. The third-order valence-corrected chi connectivity index (χ3v) is 2.99. The van der Waals surface area contributed by atoms with Crippen LogP contribution in [-0.4, -0.2) is 21.4 Å². The summed E-state index contributed by atoms with van der Waals surface area (Å²) in [6, 6.07) is 9.15. The molecule has 1 aromatic heterocycles. The van der Waals surface area contributed by atoms with Gasteiger partial charge in [-0.1, -0.05) is 29.8 Å². The molecule has 1 N–H and O–H groups in total. The number of carbonyl (C=O) groups excluding carboxylic acids is 1. The number of nitrogens with zero attached hydrogens (tertiary/aromatic N) is 1. The van der Waals surface area contributed by atoms with E-state index in [2.05, 4.69) is 0 Å². The number of rotatable bonds is 4. The van der Waals surface area contributed by atoms with Crippen molar-refractivity contribution in [3.63, 3.8) is 0 Å². The van der Waals surface area contributed by atoms with E-state index in [0.717, 1.165) is 11.1 Å². The number of aryl methyl sites for hydroxylation is 2. The number of Topliss-reactive ketones (excluding diaryl/α,β-unsaturated/α-hetero) is 1. The molecule has 0 aliphatic carbocycles. The van der Waals surface area contributed by atoms with Crippen LogP contribution in [0.2, 0.25) is 0 Å². The topological polar surface area (TPSA) is 59.3 Å². The maximum absolute atomic E-state index is 12.1. The molecule has 2 aromatic rings. The first-order valence-electron chi connectivity index (χ1n) is 5.96. The van der Waals surface area contributed by atoms with Gasteiger partial charge in [-0.25, -0.2) is 4.79 Å². The zero-order chi connectivity index (χ0) is 14.0. The number of hydrogen-bond donors (Lipinski definition) is 1. The zero-order valence-electron chi connectivity index (χ0n) is 10.9. The van der Waals surface area contributed by atoms with Crippen LogP contribution in [0.25, 0.3) is 0 Å². The number of carboxylic acids is 1. The van der Waals surface area contributed by atoms with Gasteiger partial charge in [0.15, 0.2) is 5.78 Å². The van der Waals surface area contributed by atoms with E-state index in [1.54, 1.807) is 13.2 Å². The van der Waals surface area contributed by atoms with E-state index < -0.39 is 5.97 Å². The van der Waals surface area contributed by atoms with Crippen LogP contribution in [0.4, 0.5) is 0 Å². The summed E-state index contributed by atoms with van der Waals surface area (Å²) in [6.45, 7) is 1.97. The number of benzene rings is 1. The van der Waals surface area contributed by atoms with E-state index in [9.17, 15) is 9.59 Å². The van der Waals surface area contributed by atoms with E-state index in [-0.39, 0.29) is 17.9 Å². The second-order valence-electron chi connectivity index (χ2n) is 4.62. The molecule has 0 aliphatic rings. The van der Waals surface area contributed by atoms with E-state index >= 15 is 0 Å². The summed E-state index contributed by atoms with van der Waals surface area (Å²) in [5.41, 5.74) is 2.59. The van der Waals surface area contributed by atoms with Crippen LogP contribution >= 0.6 is 0 Å². The van der Waals surface area contributed by atoms with Crippen molar-refractivity contribution in [2.45, 2.75) is 13.3 Å². The summed E-state index contributed by atoms with van der Waals surface area (Å²) in [7, 11) is 1.62. The smallest absolute Gasteiger partial charge is 0.352 e. The molecule has 0 spiro atoms. The highest BCUT2D eigenvalue weighted by Crippen LogP contribution is 2.12. The van der Waals surface area contributed by atoms with Gasteiger partial charge in [-0.2, -0.15) is 0 Å². The van der Waals surface area contributed by atoms with E-state index in [1.165, 1.54) is 10.6 Å². The summed E-state index contributed by atoms with van der Waals surface area (Å²) >= 11 is 0. The molecule has 0 aliphatic heterocycles. The van der Waals surface area contributed by atoms with E-state index in [4.69, 9.17) is 5.11 Å². The minimum atomic E-state index is -1.03. The highest BCUT2D eigenvalue weighted by atomic mass is 16.4. The molecule has 2 rings (SSSR count). The Kier molecular flexibility index (Phi) is 3.51. The quantitative estimate of drug-likeness (QED) is 0.856. The molecular weight excluding hydrogens is 242 g/mol. The van der Waals surface area contributed by atoms with Gasteiger partial charge >= 0.3 is 5.97 Å². The predicted octanol–water partition coefficient (Wildman–Crippen LogP) is 2.46. The molecule has 0 saturated heterocycles. The normalized spacial score (nSPS) is 10.4. The summed E-state index contributed by atoms with van der Waals surface area (Å²) in [5, 5.41) is 8.95. The average molecular weight is 257 g/mol. The van der Waals surface area contributed by atoms with Crippen molar-refractivity contribution in [3.05, 3.63) is 58.9 Å². The van der Waals surface area contributed by atoms with Gasteiger partial charge in [0.1, 0.15) is 5.69 Å². The Labute approximate surface area is 111 Å². The van der Waals surface area contributed by atoms with Crippen LogP contribution in [0.5, 0.6) is 0 Å². The van der Waals surface area contributed by atoms with Crippen LogP contribution < -0.4 is 0 Å². The van der Waals surface area contributed by atoms with Gasteiger partial charge < -0.3 is 9.67 Å². The monoisotopic (exact) mass is 257 g/mol. The molecule has 0 amide bonds. The van der Waals surface area contributed by atoms with Crippen LogP contribution in [0.3, 0.4) is 0 Å². The number of aromatic nitrogens is 1. The maximum atomic E-state index is 12.1. The molecule has 0 fully saturated rings. The van der Waals surface area contributed by atoms with Crippen molar-refractivity contribution in [2.75, 3.05) is 0 Å². The van der Waals surface area contributed by atoms with Crippen molar-refractivity contribution < 1.29 is 14.7 Å². The molecule has 1 aromatic carbocycles. The SMILES string of the molecule is Cc1cccc(CC(=O)c2cc(C(=O)O)n(C)c2)c1.